The van der Waals surface area contributed by atoms with Gasteiger partial charge in [-0.2, -0.15) is 0 Å². The van der Waals surface area contributed by atoms with E-state index in [-0.39, 0.29) is 11.1 Å². The first-order valence-electron chi connectivity index (χ1n) is 6.37. The third-order valence-corrected chi connectivity index (χ3v) is 2.14. The van der Waals surface area contributed by atoms with E-state index in [9.17, 15) is 0 Å². The van der Waals surface area contributed by atoms with Crippen LogP contribution in [0, 0.1) is 0 Å². The molecule has 0 fully saturated rings. The fourth-order valence-electron chi connectivity index (χ4n) is 1.34. The maximum atomic E-state index is 5.17. The molecule has 0 radical (unpaired) electrons. The Morgan fingerprint density at radius 3 is 1.81 bits per heavy atom. The minimum Gasteiger partial charge on any atom is -0.412 e. The van der Waals surface area contributed by atoms with Gasteiger partial charge >= 0.3 is 0 Å². The van der Waals surface area contributed by atoms with Crippen molar-refractivity contribution in [2.45, 2.75) is 78.2 Å². The van der Waals surface area contributed by atoms with Gasteiger partial charge in [-0.1, -0.05) is 45.4 Å². The average molecular weight is 234 g/mol. The summed E-state index contributed by atoms with van der Waals surface area (Å²) in [5.41, 5.74) is -0.179. The molecule has 0 amide bonds. The summed E-state index contributed by atoms with van der Waals surface area (Å²) in [6.07, 6.45) is 9.16. The molecule has 0 aliphatic heterocycles. The van der Waals surface area contributed by atoms with Gasteiger partial charge in [0.25, 0.3) is 0 Å². The van der Waals surface area contributed by atoms with Crippen molar-refractivity contribution < 1.29 is 15.3 Å². The summed E-state index contributed by atoms with van der Waals surface area (Å²) < 4.78 is 0. The van der Waals surface area contributed by atoms with E-state index in [2.05, 4.69) is 6.92 Å². The highest BCUT2D eigenvalue weighted by Gasteiger charge is 2.10. The molecule has 0 aromatic rings. The molecule has 0 atom stereocenters. The monoisotopic (exact) mass is 234 g/mol. The van der Waals surface area contributed by atoms with Crippen LogP contribution in [0.4, 0.5) is 0 Å². The molecule has 0 aromatic heterocycles. The van der Waals surface area contributed by atoms with Crippen molar-refractivity contribution >= 4 is 0 Å². The maximum Gasteiger partial charge on any atom is 0.0952 e. The maximum absolute atomic E-state index is 5.17. The lowest BCUT2D eigenvalue weighted by atomic mass is 10.1. The van der Waals surface area contributed by atoms with Crippen LogP contribution in [0.25, 0.3) is 0 Å². The summed E-state index contributed by atoms with van der Waals surface area (Å²) in [5, 5.41) is 0. The Morgan fingerprint density at radius 1 is 0.812 bits per heavy atom. The Labute approximate surface area is 101 Å². The largest absolute Gasteiger partial charge is 0.412 e. The lowest BCUT2D eigenvalue weighted by molar-refractivity contribution is -0.348. The summed E-state index contributed by atoms with van der Waals surface area (Å²) in [7, 11) is 0. The highest BCUT2D eigenvalue weighted by Crippen LogP contribution is 2.09. The predicted molar refractivity (Wildman–Crippen MR) is 68.4 cm³/mol. The van der Waals surface area contributed by atoms with Crippen LogP contribution in [0.3, 0.4) is 0 Å². The number of rotatable bonds is 9. The molecular weight excluding hydrogens is 204 g/mol. The fourth-order valence-corrected chi connectivity index (χ4v) is 1.34. The summed E-state index contributed by atoms with van der Waals surface area (Å²) in [5.74, 6) is 0. The topological polar surface area (TPSA) is 50.0 Å². The highest BCUT2D eigenvalue weighted by molar-refractivity contribution is 4.54. The third-order valence-electron chi connectivity index (χ3n) is 2.14. The number of hydrogen-bond acceptors (Lipinski definition) is 2. The quantitative estimate of drug-likeness (QED) is 0.347. The van der Waals surface area contributed by atoms with Crippen molar-refractivity contribution in [2.75, 3.05) is 6.61 Å². The van der Waals surface area contributed by atoms with Crippen molar-refractivity contribution in [2.24, 2.45) is 0 Å². The molecule has 0 spiro atoms. The van der Waals surface area contributed by atoms with Gasteiger partial charge in [0.15, 0.2) is 0 Å². The second-order valence-electron chi connectivity index (χ2n) is 5.14. The van der Waals surface area contributed by atoms with Gasteiger partial charge in [0.1, 0.15) is 0 Å². The van der Waals surface area contributed by atoms with Gasteiger partial charge in [-0.25, -0.2) is 9.78 Å². The molecule has 0 heterocycles. The molecule has 0 bridgehead atoms. The van der Waals surface area contributed by atoms with Gasteiger partial charge in [0.2, 0.25) is 0 Å². The van der Waals surface area contributed by atoms with E-state index in [1.807, 2.05) is 20.8 Å². The van der Waals surface area contributed by atoms with Crippen molar-refractivity contribution in [3.8, 4) is 0 Å². The Hall–Kier alpha value is -0.120. The summed E-state index contributed by atoms with van der Waals surface area (Å²) in [4.78, 5) is 10.3. The van der Waals surface area contributed by atoms with Gasteiger partial charge in [-0.15, -0.1) is 0 Å². The minimum atomic E-state index is -0.179. The molecule has 0 aliphatic carbocycles. The Balaban J connectivity index is 0. The van der Waals surface area contributed by atoms with Crippen molar-refractivity contribution in [3.05, 3.63) is 0 Å². The van der Waals surface area contributed by atoms with Crippen LogP contribution in [0.5, 0.6) is 0 Å². The zero-order chi connectivity index (χ0) is 11.6. The number of hydrogen-bond donors (Lipinski definition) is 0. The second-order valence-corrected chi connectivity index (χ2v) is 5.14. The lowest BCUT2D eigenvalue weighted by Crippen LogP contribution is -2.19. The van der Waals surface area contributed by atoms with Crippen LogP contribution in [0.2, 0.25) is 0 Å². The van der Waals surface area contributed by atoms with E-state index in [0.29, 0.717) is 0 Å². The molecule has 0 unspecified atom stereocenters. The van der Waals surface area contributed by atoms with E-state index in [4.69, 9.17) is 9.78 Å². The molecule has 0 aromatic carbocycles. The lowest BCUT2D eigenvalue weighted by Gasteiger charge is -2.17. The molecule has 3 heteroatoms. The standard InChI is InChI=1S/C13H28O2.H2O/c1-5-6-7-8-9-10-11-12-14-15-13(2,3)4;/h5-12H2,1-4H3;1H2. The molecule has 3 nitrogen and oxygen atoms in total. The third kappa shape index (κ3) is 16.3. The predicted octanol–water partition coefficient (Wildman–Crippen LogP) is 3.66. The number of unbranched alkanes of at least 4 members (excludes halogenated alkanes) is 6. The normalized spacial score (nSPS) is 11.2. The van der Waals surface area contributed by atoms with Crippen molar-refractivity contribution in [1.82, 2.24) is 0 Å². The molecule has 100 valence electrons. The summed E-state index contributed by atoms with van der Waals surface area (Å²) in [6.45, 7) is 8.97. The van der Waals surface area contributed by atoms with E-state index >= 15 is 0 Å². The van der Waals surface area contributed by atoms with E-state index in [1.54, 1.807) is 0 Å². The average Bonchev–Trinajstić information content (AvgIpc) is 2.14. The van der Waals surface area contributed by atoms with Gasteiger partial charge in [0.05, 0.1) is 12.2 Å². The first kappa shape index (κ1) is 18.3. The Morgan fingerprint density at radius 2 is 1.31 bits per heavy atom. The molecule has 0 saturated carbocycles. The highest BCUT2D eigenvalue weighted by atomic mass is 17.2. The van der Waals surface area contributed by atoms with Crippen LogP contribution in [-0.4, -0.2) is 17.7 Å². The first-order valence-corrected chi connectivity index (χ1v) is 6.37. The van der Waals surface area contributed by atoms with E-state index < -0.39 is 0 Å². The first-order chi connectivity index (χ1) is 7.06. The molecule has 2 N–H and O–H groups in total. The second kappa shape index (κ2) is 11.4. The SMILES string of the molecule is CCCCCCCCCOOC(C)(C)C.O. The van der Waals surface area contributed by atoms with Gasteiger partial charge in [-0.05, 0) is 27.2 Å². The minimum absolute atomic E-state index is 0. The molecular formula is C13H30O3. The van der Waals surface area contributed by atoms with Crippen LogP contribution in [-0.2, 0) is 9.78 Å². The van der Waals surface area contributed by atoms with Crippen LogP contribution in [0.15, 0.2) is 0 Å². The van der Waals surface area contributed by atoms with Crippen LogP contribution < -0.4 is 0 Å². The molecule has 0 saturated heterocycles. The summed E-state index contributed by atoms with van der Waals surface area (Å²) >= 11 is 0. The van der Waals surface area contributed by atoms with Gasteiger partial charge in [0, 0.05) is 0 Å². The van der Waals surface area contributed by atoms with Gasteiger partial charge < -0.3 is 5.48 Å². The molecule has 16 heavy (non-hydrogen) atoms. The zero-order valence-corrected chi connectivity index (χ0v) is 11.5. The Kier molecular flexibility index (Phi) is 13.0. The Bertz CT molecular complexity index is 130. The van der Waals surface area contributed by atoms with Crippen LogP contribution in [0.1, 0.15) is 72.6 Å². The smallest absolute Gasteiger partial charge is 0.0952 e. The van der Waals surface area contributed by atoms with Crippen molar-refractivity contribution in [1.29, 1.82) is 0 Å². The zero-order valence-electron chi connectivity index (χ0n) is 11.5. The van der Waals surface area contributed by atoms with Gasteiger partial charge in [-0.3, -0.25) is 0 Å². The molecule has 0 aliphatic rings. The van der Waals surface area contributed by atoms with E-state index in [1.165, 1.54) is 38.5 Å². The summed E-state index contributed by atoms with van der Waals surface area (Å²) in [6, 6.07) is 0. The van der Waals surface area contributed by atoms with E-state index in [0.717, 1.165) is 13.0 Å². The van der Waals surface area contributed by atoms with Crippen molar-refractivity contribution in [3.63, 3.8) is 0 Å². The fraction of sp³-hybridized carbons (Fsp3) is 1.00. The molecule has 0 rings (SSSR count). The van der Waals surface area contributed by atoms with Crippen LogP contribution >= 0.6 is 0 Å².